The van der Waals surface area contributed by atoms with Crippen molar-refractivity contribution in [2.24, 2.45) is 0 Å². The number of sulfonamides is 1. The van der Waals surface area contributed by atoms with Gasteiger partial charge in [-0.15, -0.1) is 0 Å². The number of pyridine rings is 1. The van der Waals surface area contributed by atoms with Gasteiger partial charge in [0.1, 0.15) is 0 Å². The minimum atomic E-state index is -3.26. The molecule has 7 heteroatoms. The second kappa shape index (κ2) is 9.49. The number of nitrogens with one attached hydrogen (secondary N) is 1. The Labute approximate surface area is 167 Å². The minimum Gasteiger partial charge on any atom is -0.395 e. The van der Waals surface area contributed by atoms with Gasteiger partial charge in [-0.1, -0.05) is 12.1 Å². The molecule has 1 fully saturated rings. The van der Waals surface area contributed by atoms with Gasteiger partial charge in [-0.25, -0.2) is 8.42 Å². The quantitative estimate of drug-likeness (QED) is 0.708. The van der Waals surface area contributed by atoms with Gasteiger partial charge in [-0.3, -0.25) is 14.6 Å². The summed E-state index contributed by atoms with van der Waals surface area (Å²) in [5.74, 6) is 0.390. The van der Waals surface area contributed by atoms with Gasteiger partial charge in [-0.05, 0) is 80.1 Å². The minimum absolute atomic E-state index is 0.166. The van der Waals surface area contributed by atoms with Crippen molar-refractivity contribution >= 4 is 15.7 Å². The Balaban J connectivity index is 1.53. The van der Waals surface area contributed by atoms with E-state index in [1.54, 1.807) is 0 Å². The topological polar surface area (TPSA) is 82.5 Å². The van der Waals surface area contributed by atoms with Crippen LogP contribution < -0.4 is 4.72 Å². The Bertz CT molecular complexity index is 841. The summed E-state index contributed by atoms with van der Waals surface area (Å²) in [5.41, 5.74) is 3.08. The van der Waals surface area contributed by atoms with Gasteiger partial charge in [0.25, 0.3) is 0 Å². The second-order valence-corrected chi connectivity index (χ2v) is 9.30. The maximum atomic E-state index is 11.3. The van der Waals surface area contributed by atoms with E-state index in [0.717, 1.165) is 45.0 Å². The summed E-state index contributed by atoms with van der Waals surface area (Å²) < 4.78 is 25.2. The van der Waals surface area contributed by atoms with Crippen molar-refractivity contribution in [2.45, 2.75) is 37.6 Å². The van der Waals surface area contributed by atoms with E-state index in [1.807, 2.05) is 36.7 Å². The lowest BCUT2D eigenvalue weighted by atomic mass is 9.85. The third-order valence-electron chi connectivity index (χ3n) is 5.39. The predicted octanol–water partition coefficient (Wildman–Crippen LogP) is 2.63. The standard InChI is InChI=1S/C21H29N3O3S/c1-28(26,27)23-20-6-4-18(5-7-20)19-10-14-24(21(15-19)16-25)13-2-3-17-8-11-22-12-9-17/h4-9,11-12,19,21,23,25H,2-3,10,13-16H2,1H3. The van der Waals surface area contributed by atoms with Crippen LogP contribution in [0.15, 0.2) is 48.8 Å². The van der Waals surface area contributed by atoms with Gasteiger partial charge in [0.2, 0.25) is 10.0 Å². The zero-order valence-electron chi connectivity index (χ0n) is 16.3. The first-order valence-corrected chi connectivity index (χ1v) is 11.7. The molecule has 2 N–H and O–H groups in total. The van der Waals surface area contributed by atoms with E-state index in [2.05, 4.69) is 26.7 Å². The Kier molecular flexibility index (Phi) is 7.04. The van der Waals surface area contributed by atoms with E-state index in [0.29, 0.717) is 11.6 Å². The molecule has 1 aliphatic rings. The lowest BCUT2D eigenvalue weighted by molar-refractivity contribution is 0.0800. The molecule has 3 rings (SSSR count). The third kappa shape index (κ3) is 6.02. The number of benzene rings is 1. The van der Waals surface area contributed by atoms with Crippen LogP contribution in [0.2, 0.25) is 0 Å². The molecule has 1 aliphatic heterocycles. The number of piperidine rings is 1. The number of rotatable bonds is 8. The number of aromatic nitrogens is 1. The fraction of sp³-hybridized carbons (Fsp3) is 0.476. The molecular weight excluding hydrogens is 374 g/mol. The lowest BCUT2D eigenvalue weighted by Crippen LogP contribution is -2.44. The summed E-state index contributed by atoms with van der Waals surface area (Å²) in [4.78, 5) is 6.45. The molecule has 0 saturated carbocycles. The third-order valence-corrected chi connectivity index (χ3v) is 6.00. The summed E-state index contributed by atoms with van der Waals surface area (Å²) >= 11 is 0. The Hall–Kier alpha value is -1.96. The van der Waals surface area contributed by atoms with Crippen LogP contribution >= 0.6 is 0 Å². The average molecular weight is 404 g/mol. The van der Waals surface area contributed by atoms with Gasteiger partial charge >= 0.3 is 0 Å². The molecular formula is C21H29N3O3S. The van der Waals surface area contributed by atoms with Crippen molar-refractivity contribution in [3.05, 3.63) is 59.9 Å². The van der Waals surface area contributed by atoms with Gasteiger partial charge in [-0.2, -0.15) is 0 Å². The van der Waals surface area contributed by atoms with Crippen LogP contribution in [-0.4, -0.2) is 55.4 Å². The number of nitrogens with zero attached hydrogens (tertiary/aromatic N) is 2. The Morgan fingerprint density at radius 3 is 2.54 bits per heavy atom. The fourth-order valence-corrected chi connectivity index (χ4v) is 4.52. The van der Waals surface area contributed by atoms with Crippen LogP contribution in [-0.2, 0) is 16.4 Å². The summed E-state index contributed by atoms with van der Waals surface area (Å²) in [6, 6.07) is 11.9. The van der Waals surface area contributed by atoms with Crippen LogP contribution in [0.1, 0.15) is 36.3 Å². The highest BCUT2D eigenvalue weighted by Crippen LogP contribution is 2.32. The van der Waals surface area contributed by atoms with Crippen molar-refractivity contribution in [2.75, 3.05) is 30.7 Å². The molecule has 6 nitrogen and oxygen atoms in total. The number of aryl methyl sites for hydroxylation is 1. The van der Waals surface area contributed by atoms with E-state index in [-0.39, 0.29) is 12.6 Å². The predicted molar refractivity (Wildman–Crippen MR) is 112 cm³/mol. The molecule has 0 spiro atoms. The van der Waals surface area contributed by atoms with E-state index >= 15 is 0 Å². The highest BCUT2D eigenvalue weighted by molar-refractivity contribution is 7.92. The highest BCUT2D eigenvalue weighted by Gasteiger charge is 2.28. The maximum Gasteiger partial charge on any atom is 0.229 e. The molecule has 1 aromatic heterocycles. The average Bonchev–Trinajstić information content (AvgIpc) is 2.68. The Morgan fingerprint density at radius 2 is 1.89 bits per heavy atom. The number of aliphatic hydroxyl groups excluding tert-OH is 1. The monoisotopic (exact) mass is 403 g/mol. The van der Waals surface area contributed by atoms with E-state index in [1.165, 1.54) is 11.1 Å². The van der Waals surface area contributed by atoms with Gasteiger partial charge < -0.3 is 5.11 Å². The normalized spacial score (nSPS) is 20.8. The van der Waals surface area contributed by atoms with E-state index < -0.39 is 10.0 Å². The van der Waals surface area contributed by atoms with Gasteiger partial charge in [0.15, 0.2) is 0 Å². The van der Waals surface area contributed by atoms with Crippen molar-refractivity contribution in [1.29, 1.82) is 0 Å². The fourth-order valence-electron chi connectivity index (χ4n) is 3.96. The van der Waals surface area contributed by atoms with Crippen LogP contribution in [0.4, 0.5) is 5.69 Å². The second-order valence-electron chi connectivity index (χ2n) is 7.55. The summed E-state index contributed by atoms with van der Waals surface area (Å²) in [5, 5.41) is 9.89. The summed E-state index contributed by atoms with van der Waals surface area (Å²) in [6.45, 7) is 2.12. The zero-order chi connectivity index (χ0) is 20.0. The maximum absolute atomic E-state index is 11.3. The van der Waals surface area contributed by atoms with Crippen LogP contribution in [0.5, 0.6) is 0 Å². The highest BCUT2D eigenvalue weighted by atomic mass is 32.2. The molecule has 0 bridgehead atoms. The number of hydrogen-bond acceptors (Lipinski definition) is 5. The SMILES string of the molecule is CS(=O)(=O)Nc1ccc(C2CCN(CCCc3ccncc3)C(CO)C2)cc1. The number of hydrogen-bond donors (Lipinski definition) is 2. The molecule has 152 valence electrons. The molecule has 2 atom stereocenters. The van der Waals surface area contributed by atoms with Crippen molar-refractivity contribution in [3.8, 4) is 0 Å². The molecule has 0 amide bonds. The largest absolute Gasteiger partial charge is 0.395 e. The molecule has 0 radical (unpaired) electrons. The Morgan fingerprint density at radius 1 is 1.18 bits per heavy atom. The van der Waals surface area contributed by atoms with Crippen LogP contribution in [0.25, 0.3) is 0 Å². The first-order valence-electron chi connectivity index (χ1n) is 9.76. The van der Waals surface area contributed by atoms with Gasteiger partial charge in [0.05, 0.1) is 12.9 Å². The van der Waals surface area contributed by atoms with Gasteiger partial charge in [0, 0.05) is 24.1 Å². The smallest absolute Gasteiger partial charge is 0.229 e. The molecule has 2 unspecified atom stereocenters. The molecule has 1 aromatic carbocycles. The summed E-state index contributed by atoms with van der Waals surface area (Å²) in [6.07, 6.45) is 8.86. The number of aliphatic hydroxyl groups is 1. The van der Waals surface area contributed by atoms with E-state index in [4.69, 9.17) is 0 Å². The first-order chi connectivity index (χ1) is 13.4. The summed E-state index contributed by atoms with van der Waals surface area (Å²) in [7, 11) is -3.26. The number of likely N-dealkylation sites (tertiary alicyclic amines) is 1. The van der Waals surface area contributed by atoms with Crippen molar-refractivity contribution in [1.82, 2.24) is 9.88 Å². The molecule has 2 aromatic rings. The number of anilines is 1. The lowest BCUT2D eigenvalue weighted by Gasteiger charge is -2.39. The molecule has 1 saturated heterocycles. The first kappa shape index (κ1) is 20.8. The van der Waals surface area contributed by atoms with Crippen LogP contribution in [0.3, 0.4) is 0 Å². The zero-order valence-corrected chi connectivity index (χ0v) is 17.1. The molecule has 2 heterocycles. The van der Waals surface area contributed by atoms with Crippen LogP contribution in [0, 0.1) is 0 Å². The molecule has 28 heavy (non-hydrogen) atoms. The molecule has 0 aliphatic carbocycles. The van der Waals surface area contributed by atoms with Crippen molar-refractivity contribution in [3.63, 3.8) is 0 Å². The van der Waals surface area contributed by atoms with Crippen molar-refractivity contribution < 1.29 is 13.5 Å². The van der Waals surface area contributed by atoms with E-state index in [9.17, 15) is 13.5 Å².